The third-order valence-electron chi connectivity index (χ3n) is 6.25. The first-order valence-electron chi connectivity index (χ1n) is 11.6. The second kappa shape index (κ2) is 10.1. The Morgan fingerprint density at radius 3 is 2.62 bits per heavy atom. The number of phenolic OH excluding ortho intramolecular Hbond substituents is 2. The predicted molar refractivity (Wildman–Crippen MR) is 125 cm³/mol. The highest BCUT2D eigenvalue weighted by molar-refractivity contribution is 5.98. The van der Waals surface area contributed by atoms with Crippen molar-refractivity contribution in [3.8, 4) is 17.2 Å². The van der Waals surface area contributed by atoms with E-state index in [4.69, 9.17) is 9.47 Å². The van der Waals surface area contributed by atoms with Crippen LogP contribution in [0.5, 0.6) is 17.2 Å². The highest BCUT2D eigenvalue weighted by atomic mass is 16.5. The zero-order valence-corrected chi connectivity index (χ0v) is 19.1. The van der Waals surface area contributed by atoms with E-state index in [1.165, 1.54) is 12.1 Å². The number of ketones is 1. The number of Topliss-reactive ketones (excluding diaryl/α,β-unsaturated/α-hetero) is 1. The molecule has 34 heavy (non-hydrogen) atoms. The van der Waals surface area contributed by atoms with Crippen LogP contribution < -0.4 is 4.74 Å². The number of phenols is 2. The summed E-state index contributed by atoms with van der Waals surface area (Å²) >= 11 is 0. The molecule has 0 saturated carbocycles. The fourth-order valence-electron chi connectivity index (χ4n) is 4.55. The van der Waals surface area contributed by atoms with Crippen molar-refractivity contribution in [2.75, 3.05) is 0 Å². The minimum atomic E-state index is -0.678. The van der Waals surface area contributed by atoms with Gasteiger partial charge in [0.25, 0.3) is 0 Å². The molecule has 178 valence electrons. The summed E-state index contributed by atoms with van der Waals surface area (Å²) in [5, 5.41) is 21.3. The Kier molecular flexibility index (Phi) is 7.01. The van der Waals surface area contributed by atoms with Crippen LogP contribution in [0.3, 0.4) is 0 Å². The molecule has 7 nitrogen and oxygen atoms in total. The van der Waals surface area contributed by atoms with E-state index in [0.717, 1.165) is 0 Å². The van der Waals surface area contributed by atoms with Gasteiger partial charge in [0, 0.05) is 24.3 Å². The van der Waals surface area contributed by atoms with Gasteiger partial charge in [-0.15, -0.1) is 0 Å². The molecule has 2 N–H and O–H groups in total. The Labute approximate surface area is 198 Å². The molecule has 2 aromatic carbocycles. The molecule has 2 aliphatic rings. The summed E-state index contributed by atoms with van der Waals surface area (Å²) in [5.41, 5.74) is 1.32. The van der Waals surface area contributed by atoms with E-state index in [-0.39, 0.29) is 35.0 Å². The highest BCUT2D eigenvalue weighted by Crippen LogP contribution is 2.47. The molecular weight excluding hydrogens is 436 g/mol. The molecule has 0 spiro atoms. The van der Waals surface area contributed by atoms with Crippen molar-refractivity contribution in [2.45, 2.75) is 63.9 Å². The minimum Gasteiger partial charge on any atom is -0.508 e. The lowest BCUT2D eigenvalue weighted by Crippen LogP contribution is -2.23. The van der Waals surface area contributed by atoms with Crippen molar-refractivity contribution in [1.82, 2.24) is 0 Å². The Balaban J connectivity index is 1.82. The van der Waals surface area contributed by atoms with Crippen LogP contribution in [0, 0.1) is 0 Å². The molecule has 2 heterocycles. The summed E-state index contributed by atoms with van der Waals surface area (Å²) in [4.78, 5) is 37.6. The molecule has 2 atom stereocenters. The van der Waals surface area contributed by atoms with Gasteiger partial charge in [-0.3, -0.25) is 9.59 Å². The zero-order chi connectivity index (χ0) is 24.2. The second-order valence-electron chi connectivity index (χ2n) is 8.87. The van der Waals surface area contributed by atoms with Crippen LogP contribution in [0.1, 0.15) is 84.8 Å². The fourth-order valence-corrected chi connectivity index (χ4v) is 4.55. The summed E-state index contributed by atoms with van der Waals surface area (Å²) in [5.74, 6) is -1.64. The van der Waals surface area contributed by atoms with Crippen molar-refractivity contribution in [3.05, 3.63) is 58.7 Å². The number of cyclic esters (lactones) is 1. The number of ether oxygens (including phenoxy) is 2. The Morgan fingerprint density at radius 1 is 1.03 bits per heavy atom. The quantitative estimate of drug-likeness (QED) is 0.450. The summed E-state index contributed by atoms with van der Waals surface area (Å²) in [6, 6.07) is 8.02. The van der Waals surface area contributed by atoms with Gasteiger partial charge in [0.15, 0.2) is 0 Å². The molecule has 0 bridgehead atoms. The molecule has 0 aliphatic carbocycles. The van der Waals surface area contributed by atoms with Crippen LogP contribution in [0.2, 0.25) is 0 Å². The van der Waals surface area contributed by atoms with Gasteiger partial charge in [-0.05, 0) is 61.9 Å². The minimum absolute atomic E-state index is 0.0121. The smallest absolute Gasteiger partial charge is 0.342 e. The van der Waals surface area contributed by atoms with Crippen LogP contribution in [0.4, 0.5) is 0 Å². The number of allylic oxidation sites excluding steroid dienone is 1. The number of carbonyl (C=O) groups excluding carboxylic acids is 3. The van der Waals surface area contributed by atoms with E-state index in [1.807, 2.05) is 6.08 Å². The summed E-state index contributed by atoms with van der Waals surface area (Å²) in [6.07, 6.45) is 6.46. The number of rotatable bonds is 1. The third-order valence-corrected chi connectivity index (χ3v) is 6.25. The number of esters is 2. The maximum Gasteiger partial charge on any atom is 0.342 e. The van der Waals surface area contributed by atoms with Crippen molar-refractivity contribution < 1.29 is 34.1 Å². The maximum absolute atomic E-state index is 13.2. The molecule has 4 rings (SSSR count). The van der Waals surface area contributed by atoms with Crippen LogP contribution in [0.15, 0.2) is 36.4 Å². The number of hydrogen-bond acceptors (Lipinski definition) is 7. The fraction of sp³-hybridized carbons (Fsp3) is 0.370. The number of carbonyl (C=O) groups is 3. The summed E-state index contributed by atoms with van der Waals surface area (Å²) < 4.78 is 11.1. The second-order valence-corrected chi connectivity index (χ2v) is 8.87. The van der Waals surface area contributed by atoms with Gasteiger partial charge in [-0.1, -0.05) is 24.3 Å². The molecule has 2 aliphatic heterocycles. The van der Waals surface area contributed by atoms with E-state index in [0.29, 0.717) is 55.2 Å². The Hall–Kier alpha value is -3.61. The van der Waals surface area contributed by atoms with Gasteiger partial charge in [0.1, 0.15) is 28.6 Å². The molecule has 0 saturated heterocycles. The average molecular weight is 465 g/mol. The standard InChI is InChI=1S/C27H28O7/c1-16-7-5-11-19(28)10-4-2-3-8-18-14-22-25(26(31)24(18)27(32)33-16)21(15-23(30)34-22)17-9-6-12-20(29)13-17/h3,6,8-9,12-14,16,21,29,31H,2,4-5,7,10-11,15H2,1H3/t16-,21+/m0/s1. The Morgan fingerprint density at radius 2 is 1.82 bits per heavy atom. The van der Waals surface area contributed by atoms with Gasteiger partial charge < -0.3 is 19.7 Å². The molecule has 0 aromatic heterocycles. The third kappa shape index (κ3) is 5.14. The number of hydrogen-bond donors (Lipinski definition) is 2. The van der Waals surface area contributed by atoms with Gasteiger partial charge in [-0.2, -0.15) is 0 Å². The topological polar surface area (TPSA) is 110 Å². The molecule has 0 amide bonds. The largest absolute Gasteiger partial charge is 0.508 e. The van der Waals surface area contributed by atoms with Crippen molar-refractivity contribution in [3.63, 3.8) is 0 Å². The first-order valence-corrected chi connectivity index (χ1v) is 11.6. The van der Waals surface area contributed by atoms with E-state index in [1.54, 1.807) is 31.2 Å². The van der Waals surface area contributed by atoms with Crippen molar-refractivity contribution in [2.24, 2.45) is 0 Å². The monoisotopic (exact) mass is 464 g/mol. The SMILES string of the molecule is C[C@H]1CCCC(=O)CCCC=Cc2cc3c(c(O)c2C(=O)O1)[C@@H](c1cccc(O)c1)CC(=O)O3. The zero-order valence-electron chi connectivity index (χ0n) is 19.1. The van der Waals surface area contributed by atoms with Crippen LogP contribution in [-0.4, -0.2) is 34.0 Å². The van der Waals surface area contributed by atoms with Gasteiger partial charge >= 0.3 is 11.9 Å². The molecule has 2 aromatic rings. The van der Waals surface area contributed by atoms with Crippen LogP contribution in [-0.2, 0) is 14.3 Å². The van der Waals surface area contributed by atoms with E-state index in [2.05, 4.69) is 0 Å². The summed E-state index contributed by atoms with van der Waals surface area (Å²) in [7, 11) is 0. The van der Waals surface area contributed by atoms with Gasteiger partial charge in [0.05, 0.1) is 12.5 Å². The van der Waals surface area contributed by atoms with Crippen molar-refractivity contribution >= 4 is 23.8 Å². The number of aromatic hydroxyl groups is 2. The first-order chi connectivity index (χ1) is 16.3. The van der Waals surface area contributed by atoms with Crippen molar-refractivity contribution in [1.29, 1.82) is 0 Å². The normalized spacial score (nSPS) is 21.6. The lowest BCUT2D eigenvalue weighted by molar-refractivity contribution is -0.135. The van der Waals surface area contributed by atoms with E-state index >= 15 is 0 Å². The molecule has 0 radical (unpaired) electrons. The van der Waals surface area contributed by atoms with Gasteiger partial charge in [-0.25, -0.2) is 4.79 Å². The highest BCUT2D eigenvalue weighted by Gasteiger charge is 2.35. The first kappa shape index (κ1) is 23.5. The Bertz CT molecular complexity index is 1150. The molecular formula is C27H28O7. The summed E-state index contributed by atoms with van der Waals surface area (Å²) in [6.45, 7) is 1.76. The van der Waals surface area contributed by atoms with Crippen LogP contribution >= 0.6 is 0 Å². The number of fused-ring (bicyclic) bond motifs is 2. The molecule has 7 heteroatoms. The molecule has 0 fully saturated rings. The van der Waals surface area contributed by atoms with Crippen LogP contribution in [0.25, 0.3) is 6.08 Å². The van der Waals surface area contributed by atoms with E-state index in [9.17, 15) is 24.6 Å². The predicted octanol–water partition coefficient (Wildman–Crippen LogP) is 5.02. The maximum atomic E-state index is 13.2. The number of benzene rings is 2. The lowest BCUT2D eigenvalue weighted by atomic mass is 9.83. The lowest BCUT2D eigenvalue weighted by Gasteiger charge is -2.27. The van der Waals surface area contributed by atoms with Gasteiger partial charge in [0.2, 0.25) is 0 Å². The molecule has 0 unspecified atom stereocenters. The van der Waals surface area contributed by atoms with E-state index < -0.39 is 24.0 Å². The average Bonchev–Trinajstić information content (AvgIpc) is 2.77.